The molecule has 3 heterocycles. The Morgan fingerprint density at radius 1 is 1.50 bits per heavy atom. The minimum atomic E-state index is 0.616. The molecule has 20 heavy (non-hydrogen) atoms. The Hall–Kier alpha value is -1.20. The van der Waals surface area contributed by atoms with E-state index in [2.05, 4.69) is 53.0 Å². The molecule has 4 nitrogen and oxygen atoms in total. The highest BCUT2D eigenvalue weighted by molar-refractivity contribution is 7.99. The molecular formula is C15H22N4S. The van der Waals surface area contributed by atoms with Gasteiger partial charge in [-0.3, -0.25) is 0 Å². The van der Waals surface area contributed by atoms with Gasteiger partial charge in [0.05, 0.1) is 5.69 Å². The SMILES string of the molecule is CCNCc1c(N(C)C2CCSC2)nc2ccccn12. The number of imidazole rings is 1. The normalized spacial score (nSPS) is 18.8. The Morgan fingerprint density at radius 2 is 2.40 bits per heavy atom. The summed E-state index contributed by atoms with van der Waals surface area (Å²) in [5.74, 6) is 3.61. The fraction of sp³-hybridized carbons (Fsp3) is 0.533. The van der Waals surface area contributed by atoms with Crippen molar-refractivity contribution in [2.75, 3.05) is 30.0 Å². The van der Waals surface area contributed by atoms with E-state index in [0.29, 0.717) is 6.04 Å². The summed E-state index contributed by atoms with van der Waals surface area (Å²) in [5.41, 5.74) is 2.30. The van der Waals surface area contributed by atoms with Crippen LogP contribution < -0.4 is 10.2 Å². The summed E-state index contributed by atoms with van der Waals surface area (Å²) in [6.07, 6.45) is 3.37. The first kappa shape index (κ1) is 13.8. The van der Waals surface area contributed by atoms with Crippen LogP contribution in [0.4, 0.5) is 5.82 Å². The maximum Gasteiger partial charge on any atom is 0.152 e. The number of pyridine rings is 1. The molecule has 0 radical (unpaired) electrons. The third kappa shape index (κ3) is 2.52. The highest BCUT2D eigenvalue weighted by Crippen LogP contribution is 2.28. The molecule has 1 aliphatic rings. The van der Waals surface area contributed by atoms with Crippen molar-refractivity contribution in [1.29, 1.82) is 0 Å². The molecule has 108 valence electrons. The van der Waals surface area contributed by atoms with Gasteiger partial charge >= 0.3 is 0 Å². The predicted octanol–water partition coefficient (Wildman–Crippen LogP) is 2.39. The molecule has 1 aliphatic heterocycles. The van der Waals surface area contributed by atoms with Crippen LogP contribution in [-0.4, -0.2) is 40.5 Å². The van der Waals surface area contributed by atoms with E-state index in [-0.39, 0.29) is 0 Å². The van der Waals surface area contributed by atoms with Crippen LogP contribution >= 0.6 is 11.8 Å². The Morgan fingerprint density at radius 3 is 3.15 bits per heavy atom. The van der Waals surface area contributed by atoms with Crippen LogP contribution in [0.1, 0.15) is 19.0 Å². The summed E-state index contributed by atoms with van der Waals surface area (Å²) in [7, 11) is 2.19. The second-order valence-corrected chi connectivity index (χ2v) is 6.37. The number of hydrogen-bond acceptors (Lipinski definition) is 4. The average Bonchev–Trinajstić information content (AvgIpc) is 3.12. The van der Waals surface area contributed by atoms with Crippen LogP contribution in [0.3, 0.4) is 0 Å². The van der Waals surface area contributed by atoms with E-state index in [4.69, 9.17) is 4.98 Å². The van der Waals surface area contributed by atoms with Gasteiger partial charge < -0.3 is 14.6 Å². The topological polar surface area (TPSA) is 32.6 Å². The molecule has 2 aromatic heterocycles. The molecule has 1 fully saturated rings. The summed E-state index contributed by atoms with van der Waals surface area (Å²) in [5, 5.41) is 3.44. The van der Waals surface area contributed by atoms with Gasteiger partial charge in [-0.1, -0.05) is 13.0 Å². The molecule has 1 unspecified atom stereocenters. The first-order valence-corrected chi connectivity index (χ1v) is 8.44. The molecule has 5 heteroatoms. The zero-order chi connectivity index (χ0) is 13.9. The summed E-state index contributed by atoms with van der Waals surface area (Å²) in [6, 6.07) is 6.81. The maximum atomic E-state index is 4.85. The van der Waals surface area contributed by atoms with Crippen molar-refractivity contribution in [3.63, 3.8) is 0 Å². The Balaban J connectivity index is 1.99. The van der Waals surface area contributed by atoms with E-state index in [0.717, 1.165) is 24.6 Å². The van der Waals surface area contributed by atoms with Gasteiger partial charge in [0.15, 0.2) is 5.82 Å². The van der Waals surface area contributed by atoms with E-state index >= 15 is 0 Å². The van der Waals surface area contributed by atoms with Crippen molar-refractivity contribution >= 4 is 23.2 Å². The molecule has 2 aromatic rings. The van der Waals surface area contributed by atoms with Crippen molar-refractivity contribution in [2.24, 2.45) is 0 Å². The highest BCUT2D eigenvalue weighted by atomic mass is 32.2. The molecule has 0 aromatic carbocycles. The van der Waals surface area contributed by atoms with Crippen molar-refractivity contribution < 1.29 is 0 Å². The minimum Gasteiger partial charge on any atom is -0.354 e. The summed E-state index contributed by atoms with van der Waals surface area (Å²) in [4.78, 5) is 7.22. The molecule has 0 aliphatic carbocycles. The Kier molecular flexibility index (Phi) is 4.17. The quantitative estimate of drug-likeness (QED) is 0.916. The van der Waals surface area contributed by atoms with Crippen LogP contribution in [0, 0.1) is 0 Å². The van der Waals surface area contributed by atoms with Gasteiger partial charge in [-0.05, 0) is 30.9 Å². The number of nitrogens with zero attached hydrogens (tertiary/aromatic N) is 3. The molecule has 1 atom stereocenters. The molecule has 0 spiro atoms. The first-order chi connectivity index (χ1) is 9.81. The second-order valence-electron chi connectivity index (χ2n) is 5.22. The molecular weight excluding hydrogens is 268 g/mol. The van der Waals surface area contributed by atoms with Gasteiger partial charge in [-0.2, -0.15) is 11.8 Å². The third-order valence-electron chi connectivity index (χ3n) is 3.94. The number of rotatable bonds is 5. The lowest BCUT2D eigenvalue weighted by Crippen LogP contribution is -2.32. The number of hydrogen-bond donors (Lipinski definition) is 1. The van der Waals surface area contributed by atoms with E-state index in [1.807, 2.05) is 11.8 Å². The molecule has 1 saturated heterocycles. The van der Waals surface area contributed by atoms with Gasteiger partial charge in [0, 0.05) is 31.6 Å². The number of nitrogens with one attached hydrogen (secondary N) is 1. The smallest absolute Gasteiger partial charge is 0.152 e. The zero-order valence-corrected chi connectivity index (χ0v) is 13.0. The van der Waals surface area contributed by atoms with Gasteiger partial charge in [0.2, 0.25) is 0 Å². The summed E-state index contributed by atoms with van der Waals surface area (Å²) >= 11 is 2.04. The lowest BCUT2D eigenvalue weighted by atomic mass is 10.2. The highest BCUT2D eigenvalue weighted by Gasteiger charge is 2.24. The van der Waals surface area contributed by atoms with Crippen molar-refractivity contribution in [3.8, 4) is 0 Å². The molecule has 0 saturated carbocycles. The number of fused-ring (bicyclic) bond motifs is 1. The predicted molar refractivity (Wildman–Crippen MR) is 86.7 cm³/mol. The molecule has 1 N–H and O–H groups in total. The van der Waals surface area contributed by atoms with Gasteiger partial charge in [-0.25, -0.2) is 4.98 Å². The zero-order valence-electron chi connectivity index (χ0n) is 12.2. The third-order valence-corrected chi connectivity index (χ3v) is 5.08. The van der Waals surface area contributed by atoms with E-state index in [1.54, 1.807) is 0 Å². The second kappa shape index (κ2) is 6.06. The van der Waals surface area contributed by atoms with Crippen molar-refractivity contribution in [2.45, 2.75) is 25.9 Å². The molecule has 3 rings (SSSR count). The molecule has 0 bridgehead atoms. The van der Waals surface area contributed by atoms with E-state index in [9.17, 15) is 0 Å². The van der Waals surface area contributed by atoms with Crippen LogP contribution in [-0.2, 0) is 6.54 Å². The Bertz CT molecular complexity index is 574. The number of aromatic nitrogens is 2. The van der Waals surface area contributed by atoms with Crippen LogP contribution in [0.15, 0.2) is 24.4 Å². The van der Waals surface area contributed by atoms with Gasteiger partial charge in [0.1, 0.15) is 5.65 Å². The fourth-order valence-corrected chi connectivity index (χ4v) is 3.99. The van der Waals surface area contributed by atoms with E-state index in [1.165, 1.54) is 23.6 Å². The standard InChI is InChI=1S/C15H22N4S/c1-3-16-10-13-15(18(2)12-7-9-20-11-12)17-14-6-4-5-8-19(13)14/h4-6,8,12,16H,3,7,9-11H2,1-2H3. The lowest BCUT2D eigenvalue weighted by molar-refractivity contribution is 0.670. The van der Waals surface area contributed by atoms with Crippen molar-refractivity contribution in [1.82, 2.24) is 14.7 Å². The average molecular weight is 290 g/mol. The number of thioether (sulfide) groups is 1. The molecule has 0 amide bonds. The fourth-order valence-electron chi connectivity index (χ4n) is 2.72. The van der Waals surface area contributed by atoms with Gasteiger partial charge in [-0.15, -0.1) is 0 Å². The van der Waals surface area contributed by atoms with Crippen LogP contribution in [0.25, 0.3) is 5.65 Å². The number of anilines is 1. The Labute approximate surface area is 124 Å². The van der Waals surface area contributed by atoms with Crippen molar-refractivity contribution in [3.05, 3.63) is 30.1 Å². The monoisotopic (exact) mass is 290 g/mol. The first-order valence-electron chi connectivity index (χ1n) is 7.28. The summed E-state index contributed by atoms with van der Waals surface area (Å²) in [6.45, 7) is 3.98. The lowest BCUT2D eigenvalue weighted by Gasteiger charge is -2.25. The van der Waals surface area contributed by atoms with E-state index < -0.39 is 0 Å². The largest absolute Gasteiger partial charge is 0.354 e. The van der Waals surface area contributed by atoms with Gasteiger partial charge in [0.25, 0.3) is 0 Å². The summed E-state index contributed by atoms with van der Waals surface area (Å²) < 4.78 is 2.20. The van der Waals surface area contributed by atoms with Crippen LogP contribution in [0.2, 0.25) is 0 Å². The maximum absolute atomic E-state index is 4.85. The minimum absolute atomic E-state index is 0.616. The van der Waals surface area contributed by atoms with Crippen LogP contribution in [0.5, 0.6) is 0 Å².